The Labute approximate surface area is 197 Å². The van der Waals surface area contributed by atoms with E-state index in [0.29, 0.717) is 23.3 Å². The summed E-state index contributed by atoms with van der Waals surface area (Å²) in [6, 6.07) is 21.0. The summed E-state index contributed by atoms with van der Waals surface area (Å²) in [4.78, 5) is 13.8. The smallest absolute Gasteiger partial charge is 0.338 e. The van der Waals surface area contributed by atoms with E-state index in [4.69, 9.17) is 4.74 Å². The molecule has 2 heteroatoms. The Morgan fingerprint density at radius 1 is 0.970 bits per heavy atom. The Hall–Kier alpha value is -2.87. The van der Waals surface area contributed by atoms with E-state index in [1.165, 1.54) is 23.1 Å². The Bertz CT molecular complexity index is 1220. The summed E-state index contributed by atoms with van der Waals surface area (Å²) in [6.07, 6.45) is 5.57. The summed E-state index contributed by atoms with van der Waals surface area (Å²) in [5.74, 6) is 1.45. The van der Waals surface area contributed by atoms with E-state index in [-0.39, 0.29) is 18.0 Å². The lowest BCUT2D eigenvalue weighted by molar-refractivity contribution is -0.0174. The lowest BCUT2D eigenvalue weighted by atomic mass is 9.75. The van der Waals surface area contributed by atoms with Crippen molar-refractivity contribution in [2.24, 2.45) is 17.8 Å². The zero-order valence-electron chi connectivity index (χ0n) is 20.2. The molecule has 5 rings (SSSR count). The standard InChI is InChI=1S/C31H34O2/c1-19(2)24-15-13-20(3)17-28(24)33-31(32)27-16-14-22-9-5-7-11-25(22)30(27)29-21(4)18-23-10-6-8-12-26(23)29/h5-12,14,16,18-20,24,28-29H,13,15,17H2,1-4H3/t20-,24+,28-,29-/m1/s1. The summed E-state index contributed by atoms with van der Waals surface area (Å²) in [5, 5.41) is 2.30. The van der Waals surface area contributed by atoms with Crippen LogP contribution in [-0.4, -0.2) is 12.1 Å². The minimum atomic E-state index is -0.169. The van der Waals surface area contributed by atoms with Crippen LogP contribution in [0.1, 0.15) is 79.9 Å². The SMILES string of the molecule is CC1=Cc2ccccc2[C@@H]1c1c(C(=O)O[C@@H]2C[C@H](C)CC[C@H]2C(C)C)ccc2ccccc12. The molecule has 33 heavy (non-hydrogen) atoms. The third kappa shape index (κ3) is 4.01. The van der Waals surface area contributed by atoms with Gasteiger partial charge in [0.05, 0.1) is 5.56 Å². The number of ether oxygens (including phenoxy) is 1. The normalized spacial score (nSPS) is 24.6. The van der Waals surface area contributed by atoms with Crippen LogP contribution < -0.4 is 0 Å². The highest BCUT2D eigenvalue weighted by atomic mass is 16.5. The van der Waals surface area contributed by atoms with Gasteiger partial charge < -0.3 is 4.74 Å². The monoisotopic (exact) mass is 438 g/mol. The van der Waals surface area contributed by atoms with Gasteiger partial charge in [-0.3, -0.25) is 0 Å². The van der Waals surface area contributed by atoms with E-state index in [0.717, 1.165) is 29.2 Å². The van der Waals surface area contributed by atoms with Crippen molar-refractivity contribution in [3.8, 4) is 0 Å². The number of carbonyl (C=O) groups is 1. The minimum Gasteiger partial charge on any atom is -0.458 e. The molecule has 4 atom stereocenters. The van der Waals surface area contributed by atoms with Gasteiger partial charge in [0, 0.05) is 5.92 Å². The second-order valence-electron chi connectivity index (χ2n) is 10.5. The molecule has 0 saturated heterocycles. The first-order valence-corrected chi connectivity index (χ1v) is 12.4. The van der Waals surface area contributed by atoms with Gasteiger partial charge in [-0.15, -0.1) is 0 Å². The predicted octanol–water partition coefficient (Wildman–Crippen LogP) is 8.01. The highest BCUT2D eigenvalue weighted by molar-refractivity contribution is 6.00. The molecule has 1 saturated carbocycles. The topological polar surface area (TPSA) is 26.3 Å². The van der Waals surface area contributed by atoms with Gasteiger partial charge in [-0.2, -0.15) is 0 Å². The molecule has 1 fully saturated rings. The summed E-state index contributed by atoms with van der Waals surface area (Å²) in [6.45, 7) is 8.97. The number of allylic oxidation sites excluding steroid dienone is 1. The Balaban J connectivity index is 1.60. The molecule has 2 nitrogen and oxygen atoms in total. The molecule has 3 aromatic carbocycles. The number of hydrogen-bond acceptors (Lipinski definition) is 2. The molecule has 0 N–H and O–H groups in total. The summed E-state index contributed by atoms with van der Waals surface area (Å²) < 4.78 is 6.34. The Kier molecular flexibility index (Phi) is 5.86. The first kappa shape index (κ1) is 21.9. The van der Waals surface area contributed by atoms with Crippen molar-refractivity contribution in [3.05, 3.63) is 88.5 Å². The van der Waals surface area contributed by atoms with Gasteiger partial charge >= 0.3 is 5.97 Å². The number of hydrogen-bond donors (Lipinski definition) is 0. The summed E-state index contributed by atoms with van der Waals surface area (Å²) >= 11 is 0. The lowest BCUT2D eigenvalue weighted by Gasteiger charge is -2.37. The fourth-order valence-electron chi connectivity index (χ4n) is 6.10. The maximum absolute atomic E-state index is 13.8. The highest BCUT2D eigenvalue weighted by Crippen LogP contribution is 2.45. The van der Waals surface area contributed by atoms with Crippen LogP contribution in [0.15, 0.2) is 66.2 Å². The molecular weight excluding hydrogens is 404 g/mol. The molecule has 3 aromatic rings. The maximum Gasteiger partial charge on any atom is 0.338 e. The van der Waals surface area contributed by atoms with Gasteiger partial charge in [-0.25, -0.2) is 4.79 Å². The fourth-order valence-corrected chi connectivity index (χ4v) is 6.10. The average molecular weight is 439 g/mol. The molecule has 0 radical (unpaired) electrons. The van der Waals surface area contributed by atoms with Crippen LogP contribution in [0.2, 0.25) is 0 Å². The van der Waals surface area contributed by atoms with E-state index >= 15 is 0 Å². The number of benzene rings is 3. The molecule has 2 aliphatic rings. The van der Waals surface area contributed by atoms with Crippen molar-refractivity contribution in [1.82, 2.24) is 0 Å². The van der Waals surface area contributed by atoms with Crippen molar-refractivity contribution in [1.29, 1.82) is 0 Å². The van der Waals surface area contributed by atoms with Gasteiger partial charge in [0.15, 0.2) is 0 Å². The number of carbonyl (C=O) groups excluding carboxylic acids is 1. The van der Waals surface area contributed by atoms with E-state index in [1.54, 1.807) is 0 Å². The van der Waals surface area contributed by atoms with Crippen molar-refractivity contribution in [2.45, 2.75) is 59.0 Å². The first-order valence-electron chi connectivity index (χ1n) is 12.4. The third-order valence-corrected chi connectivity index (χ3v) is 7.84. The fraction of sp³-hybridized carbons (Fsp3) is 0.387. The summed E-state index contributed by atoms with van der Waals surface area (Å²) in [7, 11) is 0. The van der Waals surface area contributed by atoms with Gasteiger partial charge in [0.1, 0.15) is 6.10 Å². The number of esters is 1. The van der Waals surface area contributed by atoms with Crippen LogP contribution in [0.4, 0.5) is 0 Å². The number of rotatable bonds is 4. The maximum atomic E-state index is 13.8. The Morgan fingerprint density at radius 3 is 2.55 bits per heavy atom. The molecule has 0 aliphatic heterocycles. The highest BCUT2D eigenvalue weighted by Gasteiger charge is 2.35. The minimum absolute atomic E-state index is 0.00641. The second-order valence-corrected chi connectivity index (χ2v) is 10.5. The van der Waals surface area contributed by atoms with E-state index in [1.807, 2.05) is 6.07 Å². The zero-order valence-corrected chi connectivity index (χ0v) is 20.2. The van der Waals surface area contributed by atoms with E-state index < -0.39 is 0 Å². The molecule has 0 unspecified atom stereocenters. The quantitative estimate of drug-likeness (QED) is 0.386. The van der Waals surface area contributed by atoms with Gasteiger partial charge in [-0.1, -0.05) is 93.4 Å². The van der Waals surface area contributed by atoms with Crippen molar-refractivity contribution < 1.29 is 9.53 Å². The number of fused-ring (bicyclic) bond motifs is 2. The molecule has 0 aromatic heterocycles. The van der Waals surface area contributed by atoms with Gasteiger partial charge in [0.25, 0.3) is 0 Å². The average Bonchev–Trinajstić information content (AvgIpc) is 3.13. The molecule has 0 spiro atoms. The molecule has 0 heterocycles. The van der Waals surface area contributed by atoms with Crippen LogP contribution in [-0.2, 0) is 4.74 Å². The first-order chi connectivity index (χ1) is 15.9. The molecule has 0 amide bonds. The van der Waals surface area contributed by atoms with Crippen molar-refractivity contribution in [2.75, 3.05) is 0 Å². The second kappa shape index (κ2) is 8.82. The van der Waals surface area contributed by atoms with Crippen LogP contribution in [0.3, 0.4) is 0 Å². The van der Waals surface area contributed by atoms with Crippen LogP contribution in [0.25, 0.3) is 16.8 Å². The Morgan fingerprint density at radius 2 is 1.73 bits per heavy atom. The molecule has 170 valence electrons. The van der Waals surface area contributed by atoms with E-state index in [9.17, 15) is 4.79 Å². The van der Waals surface area contributed by atoms with Crippen LogP contribution >= 0.6 is 0 Å². The van der Waals surface area contributed by atoms with Crippen molar-refractivity contribution in [3.63, 3.8) is 0 Å². The largest absolute Gasteiger partial charge is 0.458 e. The van der Waals surface area contributed by atoms with E-state index in [2.05, 4.69) is 88.4 Å². The zero-order chi connectivity index (χ0) is 23.1. The lowest BCUT2D eigenvalue weighted by Crippen LogP contribution is -2.36. The van der Waals surface area contributed by atoms with Crippen LogP contribution in [0, 0.1) is 17.8 Å². The van der Waals surface area contributed by atoms with Gasteiger partial charge in [0.2, 0.25) is 0 Å². The van der Waals surface area contributed by atoms with Crippen LogP contribution in [0.5, 0.6) is 0 Å². The van der Waals surface area contributed by atoms with Gasteiger partial charge in [-0.05, 0) is 71.0 Å². The predicted molar refractivity (Wildman–Crippen MR) is 136 cm³/mol. The third-order valence-electron chi connectivity index (χ3n) is 7.84. The summed E-state index contributed by atoms with van der Waals surface area (Å²) in [5.41, 5.74) is 5.58. The molecule has 0 bridgehead atoms. The molecule has 2 aliphatic carbocycles. The van der Waals surface area contributed by atoms with Crippen molar-refractivity contribution >= 4 is 22.8 Å². The molecular formula is C31H34O2.